The fraction of sp³-hybridized carbons (Fsp3) is 0.316. The lowest BCUT2D eigenvalue weighted by Crippen LogP contribution is -2.33. The van der Waals surface area contributed by atoms with Gasteiger partial charge in [-0.3, -0.25) is 4.79 Å². The van der Waals surface area contributed by atoms with Gasteiger partial charge in [0.2, 0.25) is 0 Å². The van der Waals surface area contributed by atoms with Crippen LogP contribution in [0.2, 0.25) is 0 Å². The van der Waals surface area contributed by atoms with E-state index in [9.17, 15) is 13.6 Å². The van der Waals surface area contributed by atoms with E-state index in [2.05, 4.69) is 5.32 Å². The van der Waals surface area contributed by atoms with Crippen molar-refractivity contribution in [3.8, 4) is 0 Å². The Hall–Kier alpha value is -2.14. The summed E-state index contributed by atoms with van der Waals surface area (Å²) in [6.45, 7) is 1.06. The van der Waals surface area contributed by atoms with Crippen molar-refractivity contribution < 1.29 is 13.6 Å². The van der Waals surface area contributed by atoms with Gasteiger partial charge in [0.1, 0.15) is 11.6 Å². The van der Waals surface area contributed by atoms with Crippen LogP contribution in [0.15, 0.2) is 36.4 Å². The predicted molar refractivity (Wildman–Crippen MR) is 95.1 cm³/mol. The number of halogens is 3. The van der Waals surface area contributed by atoms with Crippen LogP contribution in [-0.2, 0) is 13.0 Å². The number of fused-ring (bicyclic) bond motifs is 1. The molecule has 1 N–H and O–H groups in total. The third-order valence-corrected chi connectivity index (χ3v) is 4.67. The second kappa shape index (κ2) is 7.00. The molecule has 0 bridgehead atoms. The van der Waals surface area contributed by atoms with E-state index in [1.807, 2.05) is 18.2 Å². The highest BCUT2D eigenvalue weighted by molar-refractivity contribution is 5.95. The zero-order valence-corrected chi connectivity index (χ0v) is 14.4. The average molecular weight is 365 g/mol. The SMILES string of the molecule is Cl.O=C(c1ccc2c(c1)CCN2)N(Cc1ccc(F)cc1F)C1CC1. The van der Waals surface area contributed by atoms with Crippen LogP contribution in [0.4, 0.5) is 14.5 Å². The number of nitrogens with one attached hydrogen (secondary N) is 1. The first kappa shape index (κ1) is 17.7. The summed E-state index contributed by atoms with van der Waals surface area (Å²) in [5, 5.41) is 3.27. The molecule has 1 heterocycles. The zero-order chi connectivity index (χ0) is 16.7. The number of hydrogen-bond donors (Lipinski definition) is 1. The lowest BCUT2D eigenvalue weighted by molar-refractivity contribution is 0.0728. The van der Waals surface area contributed by atoms with Gasteiger partial charge in [-0.1, -0.05) is 6.07 Å². The molecule has 1 amide bonds. The van der Waals surface area contributed by atoms with E-state index in [1.54, 1.807) is 4.90 Å². The third-order valence-electron chi connectivity index (χ3n) is 4.67. The fourth-order valence-electron chi connectivity index (χ4n) is 3.19. The summed E-state index contributed by atoms with van der Waals surface area (Å²) in [6.07, 6.45) is 2.77. The molecule has 1 saturated carbocycles. The predicted octanol–water partition coefficient (Wildman–Crippen LogP) is 4.16. The van der Waals surface area contributed by atoms with E-state index >= 15 is 0 Å². The van der Waals surface area contributed by atoms with Gasteiger partial charge in [0, 0.05) is 42.0 Å². The highest BCUT2D eigenvalue weighted by atomic mass is 35.5. The first-order valence-corrected chi connectivity index (χ1v) is 8.23. The molecule has 0 unspecified atom stereocenters. The molecule has 2 aliphatic rings. The van der Waals surface area contributed by atoms with E-state index in [0.717, 1.165) is 43.1 Å². The second-order valence-corrected chi connectivity index (χ2v) is 6.45. The maximum Gasteiger partial charge on any atom is 0.254 e. The summed E-state index contributed by atoms with van der Waals surface area (Å²) < 4.78 is 27.0. The van der Waals surface area contributed by atoms with Crippen molar-refractivity contribution in [2.75, 3.05) is 11.9 Å². The summed E-state index contributed by atoms with van der Waals surface area (Å²) >= 11 is 0. The Morgan fingerprint density at radius 2 is 1.96 bits per heavy atom. The highest BCUT2D eigenvalue weighted by Gasteiger charge is 2.33. The van der Waals surface area contributed by atoms with Crippen molar-refractivity contribution in [2.24, 2.45) is 0 Å². The van der Waals surface area contributed by atoms with Crippen molar-refractivity contribution in [1.82, 2.24) is 4.90 Å². The Morgan fingerprint density at radius 3 is 2.68 bits per heavy atom. The van der Waals surface area contributed by atoms with Crippen LogP contribution < -0.4 is 5.32 Å². The van der Waals surface area contributed by atoms with Gasteiger partial charge >= 0.3 is 0 Å². The van der Waals surface area contributed by atoms with Gasteiger partial charge in [-0.25, -0.2) is 8.78 Å². The first-order chi connectivity index (χ1) is 11.6. The Labute approximate surface area is 151 Å². The molecule has 3 nitrogen and oxygen atoms in total. The van der Waals surface area contributed by atoms with Crippen LogP contribution in [0.3, 0.4) is 0 Å². The van der Waals surface area contributed by atoms with Crippen LogP contribution in [0.5, 0.6) is 0 Å². The van der Waals surface area contributed by atoms with Gasteiger partial charge < -0.3 is 10.2 Å². The standard InChI is InChI=1S/C19H18F2N2O.ClH/c20-15-3-1-14(17(21)10-15)11-23(16-4-5-16)19(24)13-2-6-18-12(9-13)7-8-22-18;/h1-3,6,9-10,16,22H,4-5,7-8,11H2;1H. The first-order valence-electron chi connectivity index (χ1n) is 8.23. The van der Waals surface area contributed by atoms with Gasteiger partial charge in [0.05, 0.1) is 0 Å². The van der Waals surface area contributed by atoms with E-state index in [1.165, 1.54) is 12.1 Å². The Kier molecular flexibility index (Phi) is 4.95. The molecule has 0 spiro atoms. The third kappa shape index (κ3) is 3.61. The Balaban J connectivity index is 0.00000182. The number of carbonyl (C=O) groups is 1. The summed E-state index contributed by atoms with van der Waals surface area (Å²) in [5.41, 5.74) is 3.20. The highest BCUT2D eigenvalue weighted by Crippen LogP contribution is 2.31. The van der Waals surface area contributed by atoms with Crippen LogP contribution in [-0.4, -0.2) is 23.4 Å². The topological polar surface area (TPSA) is 32.3 Å². The van der Waals surface area contributed by atoms with Gasteiger partial charge in [-0.2, -0.15) is 0 Å². The molecule has 0 saturated heterocycles. The van der Waals surface area contributed by atoms with Crippen molar-refractivity contribution in [2.45, 2.75) is 31.8 Å². The zero-order valence-electron chi connectivity index (χ0n) is 13.6. The van der Waals surface area contributed by atoms with Crippen LogP contribution in [0.1, 0.15) is 34.3 Å². The maximum absolute atomic E-state index is 14.0. The molecule has 25 heavy (non-hydrogen) atoms. The number of nitrogens with zero attached hydrogens (tertiary/aromatic N) is 1. The monoisotopic (exact) mass is 364 g/mol. The van der Waals surface area contributed by atoms with Crippen LogP contribution >= 0.6 is 12.4 Å². The molecular formula is C19H19ClF2N2O. The largest absolute Gasteiger partial charge is 0.384 e. The fourth-order valence-corrected chi connectivity index (χ4v) is 3.19. The molecule has 1 aliphatic heterocycles. The van der Waals surface area contributed by atoms with E-state index in [4.69, 9.17) is 0 Å². The molecule has 0 radical (unpaired) electrons. The average Bonchev–Trinajstić information content (AvgIpc) is 3.30. The van der Waals surface area contributed by atoms with Gasteiger partial charge in [0.15, 0.2) is 0 Å². The van der Waals surface area contributed by atoms with E-state index in [-0.39, 0.29) is 30.9 Å². The number of carbonyl (C=O) groups excluding carboxylic acids is 1. The Bertz CT molecular complexity index is 808. The summed E-state index contributed by atoms with van der Waals surface area (Å²) in [6, 6.07) is 9.33. The van der Waals surface area contributed by atoms with Crippen molar-refractivity contribution in [3.05, 3.63) is 64.7 Å². The smallest absolute Gasteiger partial charge is 0.254 e. The molecule has 2 aromatic rings. The molecule has 2 aromatic carbocycles. The lowest BCUT2D eigenvalue weighted by atomic mass is 10.1. The Morgan fingerprint density at radius 1 is 1.16 bits per heavy atom. The molecule has 4 rings (SSSR count). The normalized spacial score (nSPS) is 15.1. The maximum atomic E-state index is 14.0. The number of benzene rings is 2. The van der Waals surface area contributed by atoms with Gasteiger partial charge in [0.25, 0.3) is 5.91 Å². The summed E-state index contributed by atoms with van der Waals surface area (Å²) in [7, 11) is 0. The lowest BCUT2D eigenvalue weighted by Gasteiger charge is -2.23. The van der Waals surface area contributed by atoms with Gasteiger partial charge in [-0.05, 0) is 49.1 Å². The summed E-state index contributed by atoms with van der Waals surface area (Å²) in [5.74, 6) is -1.30. The summed E-state index contributed by atoms with van der Waals surface area (Å²) in [4.78, 5) is 14.6. The number of hydrogen-bond acceptors (Lipinski definition) is 2. The van der Waals surface area contributed by atoms with Crippen LogP contribution in [0, 0.1) is 11.6 Å². The van der Waals surface area contributed by atoms with Gasteiger partial charge in [-0.15, -0.1) is 12.4 Å². The molecule has 1 aliphatic carbocycles. The molecular weight excluding hydrogens is 346 g/mol. The molecule has 1 fully saturated rings. The number of rotatable bonds is 4. The molecule has 132 valence electrons. The molecule has 0 atom stereocenters. The minimum Gasteiger partial charge on any atom is -0.384 e. The second-order valence-electron chi connectivity index (χ2n) is 6.45. The molecule has 0 aromatic heterocycles. The minimum atomic E-state index is -0.605. The number of amides is 1. The molecule has 6 heteroatoms. The van der Waals surface area contributed by atoms with Crippen molar-refractivity contribution >= 4 is 24.0 Å². The van der Waals surface area contributed by atoms with Crippen LogP contribution in [0.25, 0.3) is 0 Å². The van der Waals surface area contributed by atoms with Crippen molar-refractivity contribution in [1.29, 1.82) is 0 Å². The quantitative estimate of drug-likeness (QED) is 0.883. The minimum absolute atomic E-state index is 0. The number of anilines is 1. The van der Waals surface area contributed by atoms with E-state index < -0.39 is 11.6 Å². The van der Waals surface area contributed by atoms with E-state index in [0.29, 0.717) is 11.1 Å². The van der Waals surface area contributed by atoms with Crippen molar-refractivity contribution in [3.63, 3.8) is 0 Å².